The summed E-state index contributed by atoms with van der Waals surface area (Å²) in [5.41, 5.74) is 0.460. The van der Waals surface area contributed by atoms with Crippen molar-refractivity contribution in [1.29, 1.82) is 0 Å². The Morgan fingerprint density at radius 1 is 1.13 bits per heavy atom. The van der Waals surface area contributed by atoms with Gasteiger partial charge in [0, 0.05) is 12.8 Å². The van der Waals surface area contributed by atoms with E-state index < -0.39 is 28.6 Å². The summed E-state index contributed by atoms with van der Waals surface area (Å²) < 4.78 is 41.3. The van der Waals surface area contributed by atoms with Crippen molar-refractivity contribution in [3.05, 3.63) is 63.7 Å². The van der Waals surface area contributed by atoms with Gasteiger partial charge in [-0.1, -0.05) is 37.6 Å². The monoisotopic (exact) mass is 437 g/mol. The quantitative estimate of drug-likeness (QED) is 0.586. The molecule has 30 heavy (non-hydrogen) atoms. The van der Waals surface area contributed by atoms with Crippen LogP contribution < -0.4 is 5.32 Å². The molecule has 0 bridgehead atoms. The standard InChI is InChI=1S/C23H23ClF3NO2/c1-21(2)6-5-14(13-3-4-16(24)17(25)12-13)11-15(21)18-19(29)22(28-20(18)30)7-9-23(26,27)10-8-22/h3-5,11-12,29H,6-10H2,1-2H3,(H,28,30). The second kappa shape index (κ2) is 6.91. The normalized spacial score (nSPS) is 24.5. The van der Waals surface area contributed by atoms with Crippen LogP contribution in [0.25, 0.3) is 5.57 Å². The molecule has 0 aromatic heterocycles. The third-order valence-electron chi connectivity index (χ3n) is 6.49. The summed E-state index contributed by atoms with van der Waals surface area (Å²) in [5.74, 6) is -3.94. The lowest BCUT2D eigenvalue weighted by molar-refractivity contribution is -0.119. The Morgan fingerprint density at radius 2 is 1.80 bits per heavy atom. The van der Waals surface area contributed by atoms with Gasteiger partial charge in [-0.3, -0.25) is 4.79 Å². The number of benzene rings is 1. The Kier molecular flexibility index (Phi) is 4.84. The minimum atomic E-state index is -2.78. The molecule has 1 spiro atoms. The number of carbonyl (C=O) groups is 1. The van der Waals surface area contributed by atoms with Crippen molar-refractivity contribution in [3.63, 3.8) is 0 Å². The highest BCUT2D eigenvalue weighted by molar-refractivity contribution is 6.30. The average molecular weight is 438 g/mol. The van der Waals surface area contributed by atoms with Crippen LogP contribution in [0.4, 0.5) is 13.2 Å². The molecule has 0 saturated heterocycles. The van der Waals surface area contributed by atoms with Crippen molar-refractivity contribution >= 4 is 23.1 Å². The van der Waals surface area contributed by atoms with Crippen molar-refractivity contribution in [1.82, 2.24) is 5.32 Å². The van der Waals surface area contributed by atoms with E-state index in [2.05, 4.69) is 5.32 Å². The molecule has 3 aliphatic rings. The van der Waals surface area contributed by atoms with E-state index in [0.717, 1.165) is 0 Å². The van der Waals surface area contributed by atoms with Gasteiger partial charge in [0.15, 0.2) is 0 Å². The molecule has 0 unspecified atom stereocenters. The number of carbonyl (C=O) groups excluding carboxylic acids is 1. The second-order valence-corrected chi connectivity index (χ2v) is 9.46. The number of halogens is 4. The van der Waals surface area contributed by atoms with Crippen LogP contribution in [0.5, 0.6) is 0 Å². The van der Waals surface area contributed by atoms with Crippen molar-refractivity contribution in [2.45, 2.75) is 57.4 Å². The predicted octanol–water partition coefficient (Wildman–Crippen LogP) is 6.11. The number of aliphatic hydroxyl groups excluding tert-OH is 1. The second-order valence-electron chi connectivity index (χ2n) is 9.05. The smallest absolute Gasteiger partial charge is 0.255 e. The molecule has 2 N–H and O–H groups in total. The summed E-state index contributed by atoms with van der Waals surface area (Å²) in [6, 6.07) is 4.49. The minimum absolute atomic E-state index is 0.0140. The molecular weight excluding hydrogens is 415 g/mol. The number of hydrogen-bond acceptors (Lipinski definition) is 2. The van der Waals surface area contributed by atoms with Gasteiger partial charge >= 0.3 is 0 Å². The number of nitrogens with one attached hydrogen (secondary N) is 1. The van der Waals surface area contributed by atoms with Gasteiger partial charge in [0.25, 0.3) is 5.91 Å². The lowest BCUT2D eigenvalue weighted by atomic mass is 9.71. The van der Waals surface area contributed by atoms with E-state index in [1.807, 2.05) is 19.9 Å². The number of amides is 1. The van der Waals surface area contributed by atoms with Gasteiger partial charge in [-0.05, 0) is 59.6 Å². The highest BCUT2D eigenvalue weighted by atomic mass is 35.5. The van der Waals surface area contributed by atoms with E-state index >= 15 is 0 Å². The van der Waals surface area contributed by atoms with Gasteiger partial charge in [0.1, 0.15) is 11.6 Å². The first-order chi connectivity index (χ1) is 13.9. The summed E-state index contributed by atoms with van der Waals surface area (Å²) in [6.45, 7) is 3.89. The van der Waals surface area contributed by atoms with Gasteiger partial charge in [-0.15, -0.1) is 0 Å². The molecule has 0 atom stereocenters. The number of hydrogen-bond donors (Lipinski definition) is 2. The van der Waals surface area contributed by atoms with E-state index in [1.165, 1.54) is 12.1 Å². The van der Waals surface area contributed by atoms with Crippen LogP contribution in [-0.4, -0.2) is 22.5 Å². The lowest BCUT2D eigenvalue weighted by Crippen LogP contribution is -2.49. The lowest BCUT2D eigenvalue weighted by Gasteiger charge is -2.37. The van der Waals surface area contributed by atoms with E-state index in [1.54, 1.807) is 12.1 Å². The van der Waals surface area contributed by atoms with Gasteiger partial charge in [-0.2, -0.15) is 0 Å². The Balaban J connectivity index is 1.76. The molecule has 1 aromatic rings. The van der Waals surface area contributed by atoms with Crippen molar-refractivity contribution in [2.75, 3.05) is 0 Å². The third-order valence-corrected chi connectivity index (χ3v) is 6.80. The molecule has 1 aromatic carbocycles. The van der Waals surface area contributed by atoms with Crippen molar-refractivity contribution in [2.24, 2.45) is 5.41 Å². The zero-order valence-corrected chi connectivity index (χ0v) is 17.5. The Bertz CT molecular complexity index is 1010. The largest absolute Gasteiger partial charge is 0.509 e. The maximum absolute atomic E-state index is 14.0. The summed E-state index contributed by atoms with van der Waals surface area (Å²) in [5, 5.41) is 13.8. The molecule has 2 aliphatic carbocycles. The number of allylic oxidation sites excluding steroid dienone is 3. The summed E-state index contributed by atoms with van der Waals surface area (Å²) in [7, 11) is 0. The maximum Gasteiger partial charge on any atom is 0.255 e. The Morgan fingerprint density at radius 3 is 2.43 bits per heavy atom. The molecular formula is C23H23ClF3NO2. The maximum atomic E-state index is 14.0. The molecule has 1 saturated carbocycles. The average Bonchev–Trinajstić information content (AvgIpc) is 2.90. The SMILES string of the molecule is CC1(C)CC=C(c2ccc(Cl)c(F)c2)C=C1C1=C(O)C2(CCC(F)(F)CC2)NC1=O. The molecule has 1 heterocycles. The molecule has 3 nitrogen and oxygen atoms in total. The third kappa shape index (κ3) is 3.45. The Labute approximate surface area is 178 Å². The van der Waals surface area contributed by atoms with Crippen LogP contribution in [0.3, 0.4) is 0 Å². The zero-order valence-electron chi connectivity index (χ0n) is 16.8. The minimum Gasteiger partial charge on any atom is -0.509 e. The number of aliphatic hydroxyl groups is 1. The fraction of sp³-hybridized carbons (Fsp3) is 0.435. The van der Waals surface area contributed by atoms with Gasteiger partial charge in [-0.25, -0.2) is 13.2 Å². The fourth-order valence-electron chi connectivity index (χ4n) is 4.51. The summed E-state index contributed by atoms with van der Waals surface area (Å²) >= 11 is 5.78. The fourth-order valence-corrected chi connectivity index (χ4v) is 4.63. The summed E-state index contributed by atoms with van der Waals surface area (Å²) in [4.78, 5) is 12.9. The first kappa shape index (κ1) is 21.0. The van der Waals surface area contributed by atoms with Crippen LogP contribution in [0.2, 0.25) is 5.02 Å². The highest BCUT2D eigenvalue weighted by Crippen LogP contribution is 2.49. The van der Waals surface area contributed by atoms with Gasteiger partial charge < -0.3 is 10.4 Å². The van der Waals surface area contributed by atoms with Gasteiger partial charge in [0.05, 0.1) is 16.1 Å². The number of alkyl halides is 2. The van der Waals surface area contributed by atoms with Crippen LogP contribution in [0, 0.1) is 11.2 Å². The predicted molar refractivity (Wildman–Crippen MR) is 110 cm³/mol. The van der Waals surface area contributed by atoms with Crippen LogP contribution >= 0.6 is 11.6 Å². The number of rotatable bonds is 2. The highest BCUT2D eigenvalue weighted by Gasteiger charge is 2.53. The van der Waals surface area contributed by atoms with Gasteiger partial charge in [0.2, 0.25) is 5.92 Å². The van der Waals surface area contributed by atoms with E-state index in [0.29, 0.717) is 23.1 Å². The molecule has 160 valence electrons. The van der Waals surface area contributed by atoms with Crippen LogP contribution in [0.15, 0.2) is 47.3 Å². The van der Waals surface area contributed by atoms with Crippen molar-refractivity contribution < 1.29 is 23.1 Å². The molecule has 4 rings (SSSR count). The molecule has 0 radical (unpaired) electrons. The molecule has 1 fully saturated rings. The summed E-state index contributed by atoms with van der Waals surface area (Å²) in [6.07, 6.45) is 3.49. The first-order valence-corrected chi connectivity index (χ1v) is 10.3. The van der Waals surface area contributed by atoms with E-state index in [9.17, 15) is 23.1 Å². The molecule has 1 aliphatic heterocycles. The Hall–Kier alpha value is -2.21. The molecule has 1 amide bonds. The van der Waals surface area contributed by atoms with Crippen LogP contribution in [-0.2, 0) is 4.79 Å². The topological polar surface area (TPSA) is 49.3 Å². The first-order valence-electron chi connectivity index (χ1n) is 9.96. The molecule has 7 heteroatoms. The van der Waals surface area contributed by atoms with E-state index in [-0.39, 0.29) is 42.0 Å². The zero-order chi connectivity index (χ0) is 21.9. The van der Waals surface area contributed by atoms with Crippen LogP contribution in [0.1, 0.15) is 51.5 Å². The van der Waals surface area contributed by atoms with E-state index in [4.69, 9.17) is 11.6 Å². The van der Waals surface area contributed by atoms with Crippen molar-refractivity contribution in [3.8, 4) is 0 Å².